The third-order valence-corrected chi connectivity index (χ3v) is 3.34. The van der Waals surface area contributed by atoms with Gasteiger partial charge in [-0.05, 0) is 37.8 Å². The Hall–Kier alpha value is -0.820. The Balaban J connectivity index is 2.92. The molecule has 0 heterocycles. The molecule has 1 aromatic rings. The molecule has 0 fully saturated rings. The van der Waals surface area contributed by atoms with E-state index in [-0.39, 0.29) is 0 Å². The summed E-state index contributed by atoms with van der Waals surface area (Å²) in [6.07, 6.45) is 2.40. The molecule has 0 spiro atoms. The quantitative estimate of drug-likeness (QED) is 0.800. The van der Waals surface area contributed by atoms with E-state index in [9.17, 15) is 5.11 Å². The van der Waals surface area contributed by atoms with E-state index in [1.165, 1.54) is 16.7 Å². The molecule has 1 aromatic carbocycles. The smallest absolute Gasteiger partial charge is 0.0682 e. The van der Waals surface area contributed by atoms with E-state index in [1.807, 2.05) is 0 Å². The molecule has 0 unspecified atom stereocenters. The van der Waals surface area contributed by atoms with Gasteiger partial charge in [-0.2, -0.15) is 0 Å². The third-order valence-electron chi connectivity index (χ3n) is 3.34. The minimum absolute atomic E-state index is 0.529. The van der Waals surface area contributed by atoms with Crippen molar-refractivity contribution in [3.8, 4) is 0 Å². The number of rotatable bonds is 4. The van der Waals surface area contributed by atoms with Crippen LogP contribution in [0.2, 0.25) is 0 Å². The van der Waals surface area contributed by atoms with E-state index in [0.717, 1.165) is 19.3 Å². The Bertz CT molecular complexity index is 324. The van der Waals surface area contributed by atoms with E-state index < -0.39 is 5.60 Å². The Labute approximate surface area is 93.1 Å². The molecule has 0 bridgehead atoms. The highest BCUT2D eigenvalue weighted by molar-refractivity contribution is 5.31. The average Bonchev–Trinajstić information content (AvgIpc) is 2.23. The lowest BCUT2D eigenvalue weighted by atomic mass is 9.87. The first-order chi connectivity index (χ1) is 7.00. The van der Waals surface area contributed by atoms with E-state index in [0.29, 0.717) is 0 Å². The van der Waals surface area contributed by atoms with Gasteiger partial charge in [0.25, 0.3) is 0 Å². The summed E-state index contributed by atoms with van der Waals surface area (Å²) in [7, 11) is 0. The second-order valence-electron chi connectivity index (χ2n) is 4.54. The lowest BCUT2D eigenvalue weighted by Crippen LogP contribution is -2.29. The van der Waals surface area contributed by atoms with Crippen molar-refractivity contribution in [3.05, 3.63) is 34.9 Å². The molecule has 1 rings (SSSR count). The van der Waals surface area contributed by atoms with Crippen LogP contribution in [0.3, 0.4) is 0 Å². The molecule has 1 nitrogen and oxygen atoms in total. The number of hydrogen-bond donors (Lipinski definition) is 1. The molecule has 1 N–H and O–H groups in total. The molecule has 0 saturated heterocycles. The van der Waals surface area contributed by atoms with Gasteiger partial charge in [-0.25, -0.2) is 0 Å². The zero-order chi connectivity index (χ0) is 11.5. The van der Waals surface area contributed by atoms with Crippen LogP contribution in [-0.4, -0.2) is 10.7 Å². The first-order valence-corrected chi connectivity index (χ1v) is 5.79. The lowest BCUT2D eigenvalue weighted by Gasteiger charge is -2.26. The molecule has 1 heteroatoms. The molecule has 0 radical (unpaired) electrons. The maximum Gasteiger partial charge on any atom is 0.0682 e. The molecule has 0 aromatic heterocycles. The van der Waals surface area contributed by atoms with Gasteiger partial charge in [0.15, 0.2) is 0 Å². The second kappa shape index (κ2) is 4.80. The van der Waals surface area contributed by atoms with Crippen LogP contribution in [0.4, 0.5) is 0 Å². The highest BCUT2D eigenvalue weighted by Crippen LogP contribution is 2.23. The number of aryl methyl sites for hydroxylation is 2. The summed E-state index contributed by atoms with van der Waals surface area (Å²) in [5.74, 6) is 0. The number of aliphatic hydroxyl groups is 1. The van der Waals surface area contributed by atoms with Crippen LogP contribution in [0.25, 0.3) is 0 Å². The third kappa shape index (κ3) is 3.07. The van der Waals surface area contributed by atoms with Crippen LogP contribution in [0.15, 0.2) is 18.2 Å². The van der Waals surface area contributed by atoms with Crippen molar-refractivity contribution in [1.29, 1.82) is 0 Å². The molecule has 0 aliphatic heterocycles. The van der Waals surface area contributed by atoms with Crippen molar-refractivity contribution >= 4 is 0 Å². The summed E-state index contributed by atoms with van der Waals surface area (Å²) in [4.78, 5) is 0. The summed E-state index contributed by atoms with van der Waals surface area (Å²) in [5, 5.41) is 10.3. The zero-order valence-electron chi connectivity index (χ0n) is 10.3. The van der Waals surface area contributed by atoms with Gasteiger partial charge in [-0.15, -0.1) is 0 Å². The van der Waals surface area contributed by atoms with Gasteiger partial charge >= 0.3 is 0 Å². The monoisotopic (exact) mass is 206 g/mol. The van der Waals surface area contributed by atoms with Crippen molar-refractivity contribution < 1.29 is 5.11 Å². The summed E-state index contributed by atoms with van der Waals surface area (Å²) < 4.78 is 0. The lowest BCUT2D eigenvalue weighted by molar-refractivity contribution is 0.0325. The summed E-state index contributed by atoms with van der Waals surface area (Å²) >= 11 is 0. The van der Waals surface area contributed by atoms with Gasteiger partial charge < -0.3 is 5.11 Å². The largest absolute Gasteiger partial charge is 0.390 e. The first kappa shape index (κ1) is 12.3. The summed E-state index contributed by atoms with van der Waals surface area (Å²) in [5.41, 5.74) is 3.30. The summed E-state index contributed by atoms with van der Waals surface area (Å²) in [6.45, 7) is 8.31. The molecular formula is C14H22O. The second-order valence-corrected chi connectivity index (χ2v) is 4.54. The normalized spacial score (nSPS) is 11.8. The maximum absolute atomic E-state index is 10.3. The fourth-order valence-corrected chi connectivity index (χ4v) is 1.85. The van der Waals surface area contributed by atoms with Crippen molar-refractivity contribution in [3.63, 3.8) is 0 Å². The van der Waals surface area contributed by atoms with Crippen LogP contribution < -0.4 is 0 Å². The molecule has 0 aliphatic rings. The van der Waals surface area contributed by atoms with Crippen LogP contribution in [0.1, 0.15) is 43.4 Å². The molecule has 0 amide bonds. The van der Waals surface area contributed by atoms with Gasteiger partial charge in [0.05, 0.1) is 5.60 Å². The Morgan fingerprint density at radius 1 is 1.13 bits per heavy atom. The SMILES string of the molecule is CCC(O)(CC)Cc1cc(C)ccc1C. The van der Waals surface area contributed by atoms with Crippen molar-refractivity contribution in [1.82, 2.24) is 0 Å². The van der Waals surface area contributed by atoms with Crippen molar-refractivity contribution in [2.75, 3.05) is 0 Å². The van der Waals surface area contributed by atoms with Gasteiger partial charge in [-0.3, -0.25) is 0 Å². The average molecular weight is 206 g/mol. The number of hydrogen-bond acceptors (Lipinski definition) is 1. The predicted octanol–water partition coefficient (Wildman–Crippen LogP) is 3.40. The topological polar surface area (TPSA) is 20.2 Å². The van der Waals surface area contributed by atoms with Crippen LogP contribution >= 0.6 is 0 Å². The van der Waals surface area contributed by atoms with Gasteiger partial charge in [0.1, 0.15) is 0 Å². The van der Waals surface area contributed by atoms with E-state index in [4.69, 9.17) is 0 Å². The molecule has 15 heavy (non-hydrogen) atoms. The Morgan fingerprint density at radius 3 is 2.27 bits per heavy atom. The van der Waals surface area contributed by atoms with Gasteiger partial charge in [-0.1, -0.05) is 37.6 Å². The molecule has 0 saturated carbocycles. The molecule has 0 atom stereocenters. The van der Waals surface area contributed by atoms with Gasteiger partial charge in [0, 0.05) is 6.42 Å². The van der Waals surface area contributed by atoms with Crippen LogP contribution in [0, 0.1) is 13.8 Å². The standard InChI is InChI=1S/C14H22O/c1-5-14(15,6-2)10-13-9-11(3)7-8-12(13)4/h7-9,15H,5-6,10H2,1-4H3. The predicted molar refractivity (Wildman–Crippen MR) is 65.2 cm³/mol. The highest BCUT2D eigenvalue weighted by atomic mass is 16.3. The van der Waals surface area contributed by atoms with E-state index in [1.54, 1.807) is 0 Å². The van der Waals surface area contributed by atoms with E-state index >= 15 is 0 Å². The molecule has 84 valence electrons. The van der Waals surface area contributed by atoms with Crippen LogP contribution in [0.5, 0.6) is 0 Å². The van der Waals surface area contributed by atoms with Crippen LogP contribution in [-0.2, 0) is 6.42 Å². The molecular weight excluding hydrogens is 184 g/mol. The highest BCUT2D eigenvalue weighted by Gasteiger charge is 2.23. The Kier molecular flexibility index (Phi) is 3.92. The zero-order valence-corrected chi connectivity index (χ0v) is 10.3. The fraction of sp³-hybridized carbons (Fsp3) is 0.571. The number of benzene rings is 1. The van der Waals surface area contributed by atoms with Crippen molar-refractivity contribution in [2.45, 2.75) is 52.6 Å². The van der Waals surface area contributed by atoms with E-state index in [2.05, 4.69) is 45.9 Å². The first-order valence-electron chi connectivity index (χ1n) is 5.79. The maximum atomic E-state index is 10.3. The summed E-state index contributed by atoms with van der Waals surface area (Å²) in [6, 6.07) is 6.44. The Morgan fingerprint density at radius 2 is 1.73 bits per heavy atom. The minimum atomic E-state index is -0.529. The fourth-order valence-electron chi connectivity index (χ4n) is 1.85. The minimum Gasteiger partial charge on any atom is -0.390 e. The van der Waals surface area contributed by atoms with Crippen molar-refractivity contribution in [2.24, 2.45) is 0 Å². The molecule has 0 aliphatic carbocycles. The van der Waals surface area contributed by atoms with Gasteiger partial charge in [0.2, 0.25) is 0 Å².